The van der Waals surface area contributed by atoms with E-state index in [1.165, 1.54) is 0 Å². The lowest BCUT2D eigenvalue weighted by atomic mass is 9.49. The second kappa shape index (κ2) is 14.5. The van der Waals surface area contributed by atoms with Crippen LogP contribution in [-0.2, 0) is 16.1 Å². The molecule has 13 heteroatoms. The van der Waals surface area contributed by atoms with Crippen LogP contribution in [0.4, 0.5) is 11.4 Å². The van der Waals surface area contributed by atoms with E-state index in [0.29, 0.717) is 40.0 Å². The van der Waals surface area contributed by atoms with Gasteiger partial charge in [-0.1, -0.05) is 39.3 Å². The Balaban J connectivity index is 0.789. The number of piperidine rings is 2. The number of ether oxygens (including phenoxy) is 1. The highest BCUT2D eigenvalue weighted by atomic mass is 35.5. The fourth-order valence-electron chi connectivity index (χ4n) is 11.6. The Kier molecular flexibility index (Phi) is 9.63. The number of fused-ring (bicyclic) bond motifs is 2. The summed E-state index contributed by atoms with van der Waals surface area (Å²) in [6.45, 7) is 14.5. The molecule has 306 valence electrons. The van der Waals surface area contributed by atoms with Crippen molar-refractivity contribution >= 4 is 52.3 Å². The molecule has 0 bridgehead atoms. The first-order valence-electron chi connectivity index (χ1n) is 20.8. The first-order valence-corrected chi connectivity index (χ1v) is 21.2. The van der Waals surface area contributed by atoms with Gasteiger partial charge in [-0.15, -0.1) is 0 Å². The van der Waals surface area contributed by atoms with Crippen molar-refractivity contribution in [3.05, 3.63) is 87.4 Å². The van der Waals surface area contributed by atoms with Gasteiger partial charge in [0.25, 0.3) is 5.91 Å². The topological polar surface area (TPSA) is 143 Å². The maximum atomic E-state index is 13.9. The summed E-state index contributed by atoms with van der Waals surface area (Å²) in [5.74, 6) is -2.74. The van der Waals surface area contributed by atoms with Gasteiger partial charge in [0.2, 0.25) is 11.8 Å². The Morgan fingerprint density at radius 3 is 2.07 bits per heavy atom. The van der Waals surface area contributed by atoms with Crippen molar-refractivity contribution in [3.63, 3.8) is 0 Å². The minimum absolute atomic E-state index is 0.0427. The summed E-state index contributed by atoms with van der Waals surface area (Å²) in [6, 6.07) is 19.4. The molecule has 4 aliphatic heterocycles. The van der Waals surface area contributed by atoms with Gasteiger partial charge in [-0.2, -0.15) is 5.26 Å². The second-order valence-electron chi connectivity index (χ2n) is 18.3. The maximum Gasteiger partial charge on any atom is 0.254 e. The van der Waals surface area contributed by atoms with Crippen LogP contribution in [0.15, 0.2) is 54.6 Å². The third kappa shape index (κ3) is 6.48. The van der Waals surface area contributed by atoms with E-state index < -0.39 is 17.7 Å². The molecule has 3 saturated heterocycles. The number of benzene rings is 3. The summed E-state index contributed by atoms with van der Waals surface area (Å²) in [6.07, 6.45) is 2.14. The van der Waals surface area contributed by atoms with Gasteiger partial charge in [0.15, 0.2) is 11.6 Å². The molecule has 2 aliphatic carbocycles. The Labute approximate surface area is 349 Å². The van der Waals surface area contributed by atoms with Crippen molar-refractivity contribution in [2.75, 3.05) is 49.1 Å². The third-order valence-corrected chi connectivity index (χ3v) is 14.4. The average molecular weight is 817 g/mol. The molecular formula is C46H49ClN6O6. The lowest BCUT2D eigenvalue weighted by Crippen LogP contribution is -2.74. The number of Topliss-reactive ketones (excluding diaryl/α,β-unsaturated/α-hetero) is 2. The number of nitrogens with zero attached hydrogens (tertiary/aromatic N) is 5. The van der Waals surface area contributed by atoms with Crippen molar-refractivity contribution < 1.29 is 28.7 Å². The highest BCUT2D eigenvalue weighted by Crippen LogP contribution is 2.59. The number of rotatable bonds is 7. The molecule has 4 fully saturated rings. The van der Waals surface area contributed by atoms with Crippen LogP contribution in [0.3, 0.4) is 0 Å². The number of imide groups is 1. The number of ketones is 2. The number of anilines is 2. The number of nitriles is 1. The zero-order valence-electron chi connectivity index (χ0n) is 33.9. The van der Waals surface area contributed by atoms with Gasteiger partial charge in [-0.3, -0.25) is 34.2 Å². The Morgan fingerprint density at radius 2 is 1.41 bits per heavy atom. The van der Waals surface area contributed by atoms with Crippen LogP contribution in [-0.4, -0.2) is 96.5 Å². The maximum absolute atomic E-state index is 13.9. The van der Waals surface area contributed by atoms with Crippen LogP contribution in [0.1, 0.15) is 95.6 Å². The molecule has 3 aromatic rings. The molecule has 3 amide bonds. The quantitative estimate of drug-likeness (QED) is 0.227. The molecule has 2 atom stereocenters. The molecule has 3 aromatic carbocycles. The van der Waals surface area contributed by atoms with Gasteiger partial charge in [0, 0.05) is 109 Å². The predicted molar refractivity (Wildman–Crippen MR) is 222 cm³/mol. The summed E-state index contributed by atoms with van der Waals surface area (Å²) in [5, 5.41) is 11.9. The van der Waals surface area contributed by atoms with Crippen LogP contribution < -0.4 is 19.9 Å². The second-order valence-corrected chi connectivity index (χ2v) is 18.7. The molecule has 0 radical (unpaired) electrons. The van der Waals surface area contributed by atoms with Crippen LogP contribution in [0.25, 0.3) is 0 Å². The summed E-state index contributed by atoms with van der Waals surface area (Å²) < 4.78 is 6.50. The highest BCUT2D eigenvalue weighted by Gasteiger charge is 2.67. The van der Waals surface area contributed by atoms with Crippen molar-refractivity contribution in [1.82, 2.24) is 15.1 Å². The molecule has 9 rings (SSSR count). The fraction of sp³-hybridized carbons (Fsp3) is 0.478. The molecule has 12 nitrogen and oxygen atoms in total. The zero-order valence-corrected chi connectivity index (χ0v) is 34.7. The van der Waals surface area contributed by atoms with E-state index in [9.17, 15) is 29.2 Å². The Bertz CT molecular complexity index is 2320. The SMILES string of the molecule is CC1(C)C(Oc2ccc(C#N)c(Cl)c2)C(C)(C)C1N1Cc2cc(N3CCN(C4CCN(c5ccc6c(c5)C(=O)C(C5CCC(=O)NC5=O)C6=O)CC4)CC3)ccc2C1=O. The van der Waals surface area contributed by atoms with Crippen LogP contribution >= 0.6 is 11.6 Å². The number of piperazine rings is 1. The van der Waals surface area contributed by atoms with Crippen LogP contribution in [0, 0.1) is 34.0 Å². The van der Waals surface area contributed by atoms with E-state index in [4.69, 9.17) is 16.3 Å². The fourth-order valence-corrected chi connectivity index (χ4v) is 11.8. The van der Waals surface area contributed by atoms with Crippen molar-refractivity contribution in [3.8, 4) is 11.8 Å². The molecule has 4 heterocycles. The van der Waals surface area contributed by atoms with Gasteiger partial charge in [0.05, 0.1) is 22.4 Å². The largest absolute Gasteiger partial charge is 0.489 e. The lowest BCUT2D eigenvalue weighted by molar-refractivity contribution is -0.199. The Morgan fingerprint density at radius 1 is 0.763 bits per heavy atom. The summed E-state index contributed by atoms with van der Waals surface area (Å²) in [4.78, 5) is 74.2. The number of hydrogen-bond acceptors (Lipinski definition) is 10. The van der Waals surface area contributed by atoms with Gasteiger partial charge in [-0.05, 0) is 73.4 Å². The predicted octanol–water partition coefficient (Wildman–Crippen LogP) is 5.89. The zero-order chi connectivity index (χ0) is 41.5. The van der Waals surface area contributed by atoms with Crippen molar-refractivity contribution in [2.45, 2.75) is 78.1 Å². The van der Waals surface area contributed by atoms with Crippen molar-refractivity contribution in [1.29, 1.82) is 5.26 Å². The molecule has 59 heavy (non-hydrogen) atoms. The summed E-state index contributed by atoms with van der Waals surface area (Å²) in [7, 11) is 0. The molecule has 2 unspecified atom stereocenters. The molecule has 0 aromatic heterocycles. The average Bonchev–Trinajstić information content (AvgIpc) is 3.66. The molecule has 1 saturated carbocycles. The standard InChI is InChI=1S/C46H49ClN6O6/c1-45(2)43(46(3,4)44(45)59-31-8-5-26(24-48)36(47)23-31)53-25-27-21-29(6-9-32(27)42(53)58)52-19-17-51(18-20-52)28-13-15-50(16-14-28)30-7-10-33-35(22-30)40(56)38(39(33)55)34-11-12-37(54)49-41(34)57/h5-10,21-23,28,34,38,43-44H,11-20,25H2,1-4H3,(H,49,54,57). The number of nitrogens with one attached hydrogen (secondary N) is 1. The first kappa shape index (κ1) is 39.2. The van der Waals surface area contributed by atoms with E-state index in [2.05, 4.69) is 65.9 Å². The number of hydrogen-bond donors (Lipinski definition) is 1. The van der Waals surface area contributed by atoms with E-state index >= 15 is 0 Å². The molecule has 6 aliphatic rings. The first-order chi connectivity index (χ1) is 28.2. The smallest absolute Gasteiger partial charge is 0.254 e. The summed E-state index contributed by atoms with van der Waals surface area (Å²) >= 11 is 6.31. The van der Waals surface area contributed by atoms with E-state index in [0.717, 1.165) is 74.6 Å². The normalized spacial score (nSPS) is 26.6. The Hall–Kier alpha value is -5.25. The van der Waals surface area contributed by atoms with E-state index in [1.807, 2.05) is 23.1 Å². The molecule has 1 N–H and O–H groups in total. The van der Waals surface area contributed by atoms with E-state index in [-0.39, 0.29) is 59.2 Å². The molecule has 0 spiro atoms. The van der Waals surface area contributed by atoms with Gasteiger partial charge in [0.1, 0.15) is 17.9 Å². The minimum atomic E-state index is -1.06. The van der Waals surface area contributed by atoms with Gasteiger partial charge in [-0.25, -0.2) is 0 Å². The van der Waals surface area contributed by atoms with Crippen molar-refractivity contribution in [2.24, 2.45) is 22.7 Å². The highest BCUT2D eigenvalue weighted by molar-refractivity contribution is 6.32. The molecular weight excluding hydrogens is 768 g/mol. The lowest BCUT2D eigenvalue weighted by Gasteiger charge is -2.65. The van der Waals surface area contributed by atoms with E-state index in [1.54, 1.807) is 24.3 Å². The summed E-state index contributed by atoms with van der Waals surface area (Å²) in [5.41, 5.74) is 4.37. The van der Waals surface area contributed by atoms with Gasteiger partial charge < -0.3 is 19.4 Å². The van der Waals surface area contributed by atoms with Gasteiger partial charge >= 0.3 is 0 Å². The monoisotopic (exact) mass is 816 g/mol. The minimum Gasteiger partial charge on any atom is -0.489 e. The van der Waals surface area contributed by atoms with Crippen LogP contribution in [0.2, 0.25) is 5.02 Å². The number of amides is 3. The third-order valence-electron chi connectivity index (χ3n) is 14.1. The van der Waals surface area contributed by atoms with Crippen LogP contribution in [0.5, 0.6) is 5.75 Å². The number of halogens is 1. The number of carbonyl (C=O) groups is 5. The number of carbonyl (C=O) groups excluding carboxylic acids is 5.